The Morgan fingerprint density at radius 1 is 1.50 bits per heavy atom. The number of thioether (sulfide) groups is 1. The summed E-state index contributed by atoms with van der Waals surface area (Å²) in [6.45, 7) is 10.2. The van der Waals surface area contributed by atoms with Crippen molar-refractivity contribution in [2.75, 3.05) is 6.61 Å². The summed E-state index contributed by atoms with van der Waals surface area (Å²) >= 11 is 1.31. The minimum absolute atomic E-state index is 0.209. The molecule has 0 saturated carbocycles. The molecule has 0 aliphatic heterocycles. The van der Waals surface area contributed by atoms with Crippen LogP contribution in [0.15, 0.2) is 5.16 Å². The molecule has 0 N–H and O–H groups in total. The largest absolute Gasteiger partial charge is 0.465 e. The zero-order valence-corrected chi connectivity index (χ0v) is 12.3. The highest BCUT2D eigenvalue weighted by Gasteiger charge is 2.24. The average molecular weight is 272 g/mol. The van der Waals surface area contributed by atoms with Gasteiger partial charge in [-0.2, -0.15) is 0 Å². The van der Waals surface area contributed by atoms with Crippen LogP contribution in [-0.4, -0.2) is 38.0 Å². The number of ether oxygens (including phenoxy) is 1. The first kappa shape index (κ1) is 14.9. The number of nitrogens with zero attached hydrogens (tertiary/aromatic N) is 4. The van der Waals surface area contributed by atoms with Crippen molar-refractivity contribution in [2.45, 2.75) is 57.0 Å². The Kier molecular flexibility index (Phi) is 5.13. The topological polar surface area (TPSA) is 69.9 Å². The maximum Gasteiger partial charge on any atom is 0.319 e. The van der Waals surface area contributed by atoms with Crippen LogP contribution >= 0.6 is 11.8 Å². The van der Waals surface area contributed by atoms with Crippen LogP contribution < -0.4 is 0 Å². The number of rotatable bonds is 5. The number of carbonyl (C=O) groups is 1. The van der Waals surface area contributed by atoms with Crippen molar-refractivity contribution in [3.63, 3.8) is 0 Å². The Bertz CT molecular complexity index is 400. The minimum Gasteiger partial charge on any atom is -0.465 e. The molecule has 0 bridgehead atoms. The molecule has 18 heavy (non-hydrogen) atoms. The third-order valence-electron chi connectivity index (χ3n) is 2.14. The third-order valence-corrected chi connectivity index (χ3v) is 3.15. The van der Waals surface area contributed by atoms with Crippen molar-refractivity contribution in [2.24, 2.45) is 0 Å². The van der Waals surface area contributed by atoms with Gasteiger partial charge in [0.1, 0.15) is 5.25 Å². The lowest BCUT2D eigenvalue weighted by Crippen LogP contribution is -2.25. The molecule has 6 nitrogen and oxygen atoms in total. The quantitative estimate of drug-likeness (QED) is 0.602. The molecule has 7 heteroatoms. The maximum absolute atomic E-state index is 11.7. The van der Waals surface area contributed by atoms with Crippen molar-refractivity contribution >= 4 is 17.7 Å². The lowest BCUT2D eigenvalue weighted by atomic mass is 10.1. The molecule has 1 unspecified atom stereocenters. The van der Waals surface area contributed by atoms with Crippen molar-refractivity contribution < 1.29 is 9.53 Å². The second kappa shape index (κ2) is 6.17. The standard InChI is InChI=1S/C11H20N4O2S/c1-6-7-17-9(16)8(2)18-10-12-13-14-15(10)11(3,4)5/h8H,6-7H2,1-5H3. The Labute approximate surface area is 111 Å². The molecule has 1 heterocycles. The Balaban J connectivity index is 2.68. The van der Waals surface area contributed by atoms with Crippen molar-refractivity contribution in [3.8, 4) is 0 Å². The summed E-state index contributed by atoms with van der Waals surface area (Å²) in [6.07, 6.45) is 0.822. The van der Waals surface area contributed by atoms with Crippen molar-refractivity contribution in [1.82, 2.24) is 20.2 Å². The lowest BCUT2D eigenvalue weighted by molar-refractivity contribution is -0.142. The third kappa shape index (κ3) is 3.97. The number of aromatic nitrogens is 4. The van der Waals surface area contributed by atoms with Gasteiger partial charge in [0.25, 0.3) is 0 Å². The molecule has 1 rings (SSSR count). The molecule has 0 fully saturated rings. The molecule has 0 aromatic carbocycles. The maximum atomic E-state index is 11.7. The summed E-state index contributed by atoms with van der Waals surface area (Å²) in [5.41, 5.74) is -0.209. The first-order valence-corrected chi connectivity index (χ1v) is 6.86. The van der Waals surface area contributed by atoms with Gasteiger partial charge in [-0.05, 0) is 44.5 Å². The Morgan fingerprint density at radius 2 is 2.17 bits per heavy atom. The molecular formula is C11H20N4O2S. The fraction of sp³-hybridized carbons (Fsp3) is 0.818. The van der Waals surface area contributed by atoms with Crippen LogP contribution in [0.4, 0.5) is 0 Å². The molecule has 1 atom stereocenters. The molecule has 0 aliphatic carbocycles. The van der Waals surface area contributed by atoms with Gasteiger partial charge in [-0.3, -0.25) is 4.79 Å². The van der Waals surface area contributed by atoms with E-state index < -0.39 is 0 Å². The molecular weight excluding hydrogens is 252 g/mol. The fourth-order valence-electron chi connectivity index (χ4n) is 1.20. The molecule has 1 aromatic rings. The van der Waals surface area contributed by atoms with Crippen LogP contribution in [0.25, 0.3) is 0 Å². The lowest BCUT2D eigenvalue weighted by Gasteiger charge is -2.20. The first-order valence-electron chi connectivity index (χ1n) is 5.98. The summed E-state index contributed by atoms with van der Waals surface area (Å²) in [7, 11) is 0. The summed E-state index contributed by atoms with van der Waals surface area (Å²) < 4.78 is 6.80. The zero-order valence-electron chi connectivity index (χ0n) is 11.5. The number of carbonyl (C=O) groups excluding carboxylic acids is 1. The highest BCUT2D eigenvalue weighted by atomic mass is 32.2. The smallest absolute Gasteiger partial charge is 0.319 e. The van der Waals surface area contributed by atoms with Crippen LogP contribution in [0.2, 0.25) is 0 Å². The molecule has 0 amide bonds. The van der Waals surface area contributed by atoms with Gasteiger partial charge in [0.2, 0.25) is 5.16 Å². The Hall–Kier alpha value is -1.11. The van der Waals surface area contributed by atoms with E-state index in [1.807, 2.05) is 27.7 Å². The van der Waals surface area contributed by atoms with Gasteiger partial charge in [-0.1, -0.05) is 18.7 Å². The van der Waals surface area contributed by atoms with E-state index in [-0.39, 0.29) is 16.8 Å². The first-order chi connectivity index (χ1) is 8.36. The van der Waals surface area contributed by atoms with Crippen LogP contribution in [-0.2, 0) is 15.1 Å². The van der Waals surface area contributed by atoms with E-state index in [9.17, 15) is 4.79 Å². The van der Waals surface area contributed by atoms with E-state index in [1.165, 1.54) is 11.8 Å². The predicted octanol–water partition coefficient (Wildman–Crippen LogP) is 1.86. The van der Waals surface area contributed by atoms with Gasteiger partial charge in [0.05, 0.1) is 12.1 Å². The van der Waals surface area contributed by atoms with E-state index in [0.717, 1.165) is 6.42 Å². The van der Waals surface area contributed by atoms with Gasteiger partial charge in [-0.25, -0.2) is 4.68 Å². The van der Waals surface area contributed by atoms with E-state index in [1.54, 1.807) is 11.6 Å². The summed E-state index contributed by atoms with van der Waals surface area (Å²) in [5, 5.41) is 11.9. The summed E-state index contributed by atoms with van der Waals surface area (Å²) in [4.78, 5) is 11.7. The average Bonchev–Trinajstić information content (AvgIpc) is 2.73. The monoisotopic (exact) mass is 272 g/mol. The van der Waals surface area contributed by atoms with Crippen molar-refractivity contribution in [1.29, 1.82) is 0 Å². The molecule has 0 saturated heterocycles. The Morgan fingerprint density at radius 3 is 2.72 bits per heavy atom. The van der Waals surface area contributed by atoms with Crippen LogP contribution in [0.1, 0.15) is 41.0 Å². The van der Waals surface area contributed by atoms with Gasteiger partial charge < -0.3 is 4.74 Å². The molecule has 102 valence electrons. The van der Waals surface area contributed by atoms with Gasteiger partial charge >= 0.3 is 5.97 Å². The zero-order chi connectivity index (χ0) is 13.8. The van der Waals surface area contributed by atoms with Crippen molar-refractivity contribution in [3.05, 3.63) is 0 Å². The summed E-state index contributed by atoms with van der Waals surface area (Å²) in [5.74, 6) is -0.231. The molecule has 0 radical (unpaired) electrons. The second-order valence-electron chi connectivity index (χ2n) is 4.97. The number of hydrogen-bond donors (Lipinski definition) is 0. The van der Waals surface area contributed by atoms with Gasteiger partial charge in [-0.15, -0.1) is 5.10 Å². The van der Waals surface area contributed by atoms with Crippen LogP contribution in [0, 0.1) is 0 Å². The number of hydrogen-bond acceptors (Lipinski definition) is 6. The number of tetrazole rings is 1. The molecule has 0 spiro atoms. The van der Waals surface area contributed by atoms with E-state index in [4.69, 9.17) is 4.74 Å². The van der Waals surface area contributed by atoms with Gasteiger partial charge in [0, 0.05) is 0 Å². The molecule has 0 aliphatic rings. The van der Waals surface area contributed by atoms with E-state index >= 15 is 0 Å². The van der Waals surface area contributed by atoms with E-state index in [2.05, 4.69) is 15.5 Å². The molecule has 1 aromatic heterocycles. The number of esters is 1. The minimum atomic E-state index is -0.316. The SMILES string of the molecule is CCCOC(=O)C(C)Sc1nnnn1C(C)(C)C. The normalized spacial score (nSPS) is 13.4. The predicted molar refractivity (Wildman–Crippen MR) is 69.4 cm³/mol. The van der Waals surface area contributed by atoms with Crippen LogP contribution in [0.5, 0.6) is 0 Å². The summed E-state index contributed by atoms with van der Waals surface area (Å²) in [6, 6.07) is 0. The second-order valence-corrected chi connectivity index (χ2v) is 6.28. The highest BCUT2D eigenvalue weighted by molar-refractivity contribution is 8.00. The van der Waals surface area contributed by atoms with E-state index in [0.29, 0.717) is 11.8 Å². The highest BCUT2D eigenvalue weighted by Crippen LogP contribution is 2.25. The fourth-order valence-corrected chi connectivity index (χ4v) is 2.17. The van der Waals surface area contributed by atoms with Gasteiger partial charge in [0.15, 0.2) is 0 Å². The van der Waals surface area contributed by atoms with Crippen LogP contribution in [0.3, 0.4) is 0 Å².